The van der Waals surface area contributed by atoms with Crippen LogP contribution >= 0.6 is 11.3 Å². The highest BCUT2D eigenvalue weighted by atomic mass is 32.1. The van der Waals surface area contributed by atoms with Crippen LogP contribution in [-0.4, -0.2) is 42.2 Å². The lowest BCUT2D eigenvalue weighted by atomic mass is 10.1. The van der Waals surface area contributed by atoms with Gasteiger partial charge in [-0.1, -0.05) is 0 Å². The first-order valence-electron chi connectivity index (χ1n) is 7.69. The van der Waals surface area contributed by atoms with Crippen LogP contribution in [0.2, 0.25) is 0 Å². The van der Waals surface area contributed by atoms with Gasteiger partial charge in [-0.2, -0.15) is 11.3 Å². The van der Waals surface area contributed by atoms with E-state index in [4.69, 9.17) is 9.47 Å². The zero-order chi connectivity index (χ0) is 16.1. The van der Waals surface area contributed by atoms with Crippen LogP contribution in [0.4, 0.5) is 0 Å². The Morgan fingerprint density at radius 3 is 2.91 bits per heavy atom. The van der Waals surface area contributed by atoms with Gasteiger partial charge in [-0.25, -0.2) is 9.78 Å². The summed E-state index contributed by atoms with van der Waals surface area (Å²) in [5.41, 5.74) is 1.74. The third-order valence-corrected chi connectivity index (χ3v) is 4.71. The lowest BCUT2D eigenvalue weighted by molar-refractivity contribution is 0.0101. The van der Waals surface area contributed by atoms with E-state index in [9.17, 15) is 4.79 Å². The van der Waals surface area contributed by atoms with Crippen LogP contribution in [0.25, 0.3) is 0 Å². The number of ether oxygens (including phenoxy) is 2. The summed E-state index contributed by atoms with van der Waals surface area (Å²) < 4.78 is 10.7. The number of piperidine rings is 1. The summed E-state index contributed by atoms with van der Waals surface area (Å²) in [6, 6.07) is 5.55. The molecule has 0 radical (unpaired) electrons. The summed E-state index contributed by atoms with van der Waals surface area (Å²) in [7, 11) is 1.50. The molecule has 6 heteroatoms. The van der Waals surface area contributed by atoms with Crippen molar-refractivity contribution >= 4 is 17.3 Å². The van der Waals surface area contributed by atoms with Crippen molar-refractivity contribution in [2.24, 2.45) is 0 Å². The summed E-state index contributed by atoms with van der Waals surface area (Å²) >= 11 is 1.72. The van der Waals surface area contributed by atoms with E-state index in [0.29, 0.717) is 11.4 Å². The number of likely N-dealkylation sites (tertiary alicyclic amines) is 1. The SMILES string of the molecule is COc1ncccc1C(=O)OC1CCN(Cc2ccsc2)CC1. The smallest absolute Gasteiger partial charge is 0.343 e. The molecule has 0 aromatic carbocycles. The predicted octanol–water partition coefficient (Wildman–Crippen LogP) is 2.97. The zero-order valence-electron chi connectivity index (χ0n) is 13.1. The van der Waals surface area contributed by atoms with Gasteiger partial charge in [0.1, 0.15) is 11.7 Å². The van der Waals surface area contributed by atoms with Gasteiger partial charge in [0, 0.05) is 25.8 Å². The van der Waals surface area contributed by atoms with Gasteiger partial charge in [0.15, 0.2) is 0 Å². The average Bonchev–Trinajstić information content (AvgIpc) is 3.09. The molecule has 1 fully saturated rings. The molecule has 2 aromatic rings. The fraction of sp³-hybridized carbons (Fsp3) is 0.412. The minimum atomic E-state index is -0.355. The molecule has 1 aliphatic heterocycles. The number of hydrogen-bond donors (Lipinski definition) is 0. The molecule has 23 heavy (non-hydrogen) atoms. The number of pyridine rings is 1. The highest BCUT2D eigenvalue weighted by molar-refractivity contribution is 7.07. The summed E-state index contributed by atoms with van der Waals surface area (Å²) in [5, 5.41) is 4.28. The van der Waals surface area contributed by atoms with Crippen molar-refractivity contribution in [3.63, 3.8) is 0 Å². The third-order valence-electron chi connectivity index (χ3n) is 3.98. The lowest BCUT2D eigenvalue weighted by Gasteiger charge is -2.31. The Morgan fingerprint density at radius 2 is 2.22 bits per heavy atom. The third kappa shape index (κ3) is 4.09. The number of carbonyl (C=O) groups is 1. The first-order valence-corrected chi connectivity index (χ1v) is 8.64. The van der Waals surface area contributed by atoms with Crippen LogP contribution in [0.1, 0.15) is 28.8 Å². The van der Waals surface area contributed by atoms with Gasteiger partial charge in [0.05, 0.1) is 7.11 Å². The molecule has 3 heterocycles. The standard InChI is InChI=1S/C17H20N2O3S/c1-21-16-15(3-2-7-18-16)17(20)22-14-4-8-19(9-5-14)11-13-6-10-23-12-13/h2-3,6-7,10,12,14H,4-5,8-9,11H2,1H3. The van der Waals surface area contributed by atoms with Crippen LogP contribution in [0.5, 0.6) is 5.88 Å². The van der Waals surface area contributed by atoms with E-state index in [-0.39, 0.29) is 12.1 Å². The Kier molecular flexibility index (Phi) is 5.25. The highest BCUT2D eigenvalue weighted by Crippen LogP contribution is 2.21. The van der Waals surface area contributed by atoms with E-state index >= 15 is 0 Å². The molecule has 3 rings (SSSR count). The average molecular weight is 332 g/mol. The zero-order valence-corrected chi connectivity index (χ0v) is 13.9. The van der Waals surface area contributed by atoms with Gasteiger partial charge in [-0.05, 0) is 47.4 Å². The van der Waals surface area contributed by atoms with E-state index in [2.05, 4.69) is 26.7 Å². The van der Waals surface area contributed by atoms with Crippen molar-refractivity contribution in [3.05, 3.63) is 46.3 Å². The molecule has 2 aromatic heterocycles. The summed E-state index contributed by atoms with van der Waals surface area (Å²) in [4.78, 5) is 18.7. The Bertz CT molecular complexity index is 637. The van der Waals surface area contributed by atoms with Gasteiger partial charge in [-0.15, -0.1) is 0 Å². The lowest BCUT2D eigenvalue weighted by Crippen LogP contribution is -2.37. The van der Waals surface area contributed by atoms with E-state index in [1.165, 1.54) is 12.7 Å². The van der Waals surface area contributed by atoms with Crippen molar-refractivity contribution in [1.82, 2.24) is 9.88 Å². The molecule has 0 bridgehead atoms. The molecule has 0 unspecified atom stereocenters. The molecule has 0 aliphatic carbocycles. The van der Waals surface area contributed by atoms with Crippen LogP contribution in [0, 0.1) is 0 Å². The van der Waals surface area contributed by atoms with E-state index < -0.39 is 0 Å². The highest BCUT2D eigenvalue weighted by Gasteiger charge is 2.24. The number of rotatable bonds is 5. The number of nitrogens with zero attached hydrogens (tertiary/aromatic N) is 2. The molecular formula is C17H20N2O3S. The number of hydrogen-bond acceptors (Lipinski definition) is 6. The van der Waals surface area contributed by atoms with Crippen molar-refractivity contribution < 1.29 is 14.3 Å². The molecule has 0 amide bonds. The monoisotopic (exact) mass is 332 g/mol. The minimum Gasteiger partial charge on any atom is -0.480 e. The van der Waals surface area contributed by atoms with E-state index in [1.807, 2.05) is 0 Å². The minimum absolute atomic E-state index is 0.0360. The van der Waals surface area contributed by atoms with E-state index in [1.54, 1.807) is 29.7 Å². The van der Waals surface area contributed by atoms with E-state index in [0.717, 1.165) is 32.5 Å². The number of esters is 1. The maximum absolute atomic E-state index is 12.3. The number of carbonyl (C=O) groups excluding carboxylic acids is 1. The summed E-state index contributed by atoms with van der Waals surface area (Å²) in [6.45, 7) is 2.86. The molecule has 0 N–H and O–H groups in total. The Labute approximate surface area is 139 Å². The molecule has 1 aliphatic rings. The molecule has 0 saturated carbocycles. The van der Waals surface area contributed by atoms with Crippen LogP contribution < -0.4 is 4.74 Å². The van der Waals surface area contributed by atoms with Gasteiger partial charge in [0.2, 0.25) is 5.88 Å². The second kappa shape index (κ2) is 7.57. The van der Waals surface area contributed by atoms with Crippen LogP contribution in [0.15, 0.2) is 35.2 Å². The molecule has 0 atom stereocenters. The second-order valence-electron chi connectivity index (χ2n) is 5.57. The molecule has 122 valence electrons. The maximum atomic E-state index is 12.3. The first kappa shape index (κ1) is 16.0. The fourth-order valence-electron chi connectivity index (χ4n) is 2.75. The molecular weight excluding hydrogens is 312 g/mol. The Hall–Kier alpha value is -1.92. The molecule has 1 saturated heterocycles. The Morgan fingerprint density at radius 1 is 1.39 bits per heavy atom. The quantitative estimate of drug-likeness (QED) is 0.788. The number of methoxy groups -OCH3 is 1. The molecule has 5 nitrogen and oxygen atoms in total. The van der Waals surface area contributed by atoms with Crippen molar-refractivity contribution in [2.45, 2.75) is 25.5 Å². The van der Waals surface area contributed by atoms with Crippen molar-refractivity contribution in [1.29, 1.82) is 0 Å². The first-order chi connectivity index (χ1) is 11.3. The van der Waals surface area contributed by atoms with Crippen molar-refractivity contribution in [3.8, 4) is 5.88 Å². The summed E-state index contributed by atoms with van der Waals surface area (Å²) in [6.07, 6.45) is 3.28. The Balaban J connectivity index is 1.51. The van der Waals surface area contributed by atoms with Crippen LogP contribution in [0.3, 0.4) is 0 Å². The van der Waals surface area contributed by atoms with Crippen molar-refractivity contribution in [2.75, 3.05) is 20.2 Å². The topological polar surface area (TPSA) is 51.7 Å². The molecule has 0 spiro atoms. The normalized spacial score (nSPS) is 16.2. The van der Waals surface area contributed by atoms with Gasteiger partial charge in [-0.3, -0.25) is 4.90 Å². The largest absolute Gasteiger partial charge is 0.480 e. The fourth-order valence-corrected chi connectivity index (χ4v) is 3.41. The maximum Gasteiger partial charge on any atom is 0.343 e. The number of thiophene rings is 1. The van der Waals surface area contributed by atoms with Gasteiger partial charge < -0.3 is 9.47 Å². The van der Waals surface area contributed by atoms with Gasteiger partial charge in [0.25, 0.3) is 0 Å². The number of aromatic nitrogens is 1. The predicted molar refractivity (Wildman–Crippen MR) is 88.8 cm³/mol. The van der Waals surface area contributed by atoms with Gasteiger partial charge >= 0.3 is 5.97 Å². The summed E-state index contributed by atoms with van der Waals surface area (Å²) in [5.74, 6) is -0.0429. The second-order valence-corrected chi connectivity index (χ2v) is 6.35. The van der Waals surface area contributed by atoms with Crippen LogP contribution in [-0.2, 0) is 11.3 Å².